The highest BCUT2D eigenvalue weighted by molar-refractivity contribution is 14.1. The van der Waals surface area contributed by atoms with E-state index in [-0.39, 0.29) is 30.5 Å². The summed E-state index contributed by atoms with van der Waals surface area (Å²) in [5.41, 5.74) is 1.76. The van der Waals surface area contributed by atoms with E-state index in [0.717, 1.165) is 9.80 Å². The van der Waals surface area contributed by atoms with Crippen molar-refractivity contribution in [2.75, 3.05) is 6.54 Å². The fraction of sp³-hybridized carbons (Fsp3) is 0.217. The second kappa shape index (κ2) is 8.33. The molecule has 0 radical (unpaired) electrons. The van der Waals surface area contributed by atoms with E-state index in [1.165, 1.54) is 0 Å². The lowest BCUT2D eigenvalue weighted by atomic mass is 10.1. The molecule has 2 atom stereocenters. The molecule has 2 aliphatic heterocycles. The average molecular weight is 532 g/mol. The lowest BCUT2D eigenvalue weighted by Gasteiger charge is -2.27. The second-order valence-corrected chi connectivity index (χ2v) is 8.65. The zero-order valence-corrected chi connectivity index (χ0v) is 18.5. The summed E-state index contributed by atoms with van der Waals surface area (Å²) in [4.78, 5) is 52.5. The zero-order valence-electron chi connectivity index (χ0n) is 16.4. The van der Waals surface area contributed by atoms with Crippen molar-refractivity contribution in [3.05, 3.63) is 82.9 Å². The summed E-state index contributed by atoms with van der Waals surface area (Å²) in [5.74, 6) is -1.82. The van der Waals surface area contributed by atoms with Crippen molar-refractivity contribution in [3.63, 3.8) is 0 Å². The van der Waals surface area contributed by atoms with Crippen LogP contribution < -0.4 is 0 Å². The monoisotopic (exact) mass is 532 g/mol. The topological polar surface area (TPSA) is 74.8 Å². The molecule has 0 spiro atoms. The first-order valence-electron chi connectivity index (χ1n) is 9.68. The summed E-state index contributed by atoms with van der Waals surface area (Å²) in [5, 5.41) is 0. The van der Waals surface area contributed by atoms with Gasteiger partial charge < -0.3 is 0 Å². The number of imide groups is 2. The second-order valence-electron chi connectivity index (χ2n) is 7.46. The Kier molecular flexibility index (Phi) is 5.74. The molecule has 2 aromatic rings. The van der Waals surface area contributed by atoms with Gasteiger partial charge in [-0.2, -0.15) is 0 Å². The molecule has 31 heavy (non-hydrogen) atoms. The van der Waals surface area contributed by atoms with Crippen molar-refractivity contribution < 1.29 is 23.6 Å². The number of rotatable bonds is 7. The van der Waals surface area contributed by atoms with Crippen LogP contribution in [0.5, 0.6) is 0 Å². The highest BCUT2D eigenvalue weighted by atomic mass is 127. The molecule has 4 rings (SSSR count). The molecule has 0 saturated carbocycles. The quantitative estimate of drug-likeness (QED) is 0.234. The van der Waals surface area contributed by atoms with Gasteiger partial charge in [0.1, 0.15) is 0 Å². The van der Waals surface area contributed by atoms with E-state index in [1.54, 1.807) is 71.1 Å². The van der Waals surface area contributed by atoms with Crippen LogP contribution >= 0.6 is 22.6 Å². The number of benzene rings is 2. The molecule has 2 aromatic carbocycles. The van der Waals surface area contributed by atoms with Crippen molar-refractivity contribution in [1.29, 1.82) is 0 Å². The summed E-state index contributed by atoms with van der Waals surface area (Å²) in [6, 6.07) is 12.0. The Hall–Kier alpha value is -2.88. The Bertz CT molecular complexity index is 1060. The minimum absolute atomic E-state index is 0.000612. The van der Waals surface area contributed by atoms with Gasteiger partial charge in [-0.25, -0.2) is 4.39 Å². The van der Waals surface area contributed by atoms with Gasteiger partial charge in [0.15, 0.2) is 4.18 Å². The van der Waals surface area contributed by atoms with Gasteiger partial charge in [0, 0.05) is 6.54 Å². The molecule has 0 fully saturated rings. The number of hydrogen-bond acceptors (Lipinski definition) is 4. The molecular weight excluding hydrogens is 514 g/mol. The lowest BCUT2D eigenvalue weighted by Crippen LogP contribution is -2.44. The Labute approximate surface area is 191 Å². The molecule has 0 aliphatic carbocycles. The summed E-state index contributed by atoms with van der Waals surface area (Å²) < 4.78 is 13.0. The molecule has 158 valence electrons. The predicted octanol–water partition coefficient (Wildman–Crippen LogP) is 4.01. The van der Waals surface area contributed by atoms with Crippen molar-refractivity contribution in [2.45, 2.75) is 23.1 Å². The summed E-state index contributed by atoms with van der Waals surface area (Å²) in [6.07, 6.45) is 0.381. The first-order valence-corrected chi connectivity index (χ1v) is 10.9. The first-order chi connectivity index (χ1) is 14.8. The fourth-order valence-electron chi connectivity index (χ4n) is 3.91. The Morgan fingerprint density at radius 3 is 1.68 bits per heavy atom. The van der Waals surface area contributed by atoms with Gasteiger partial charge >= 0.3 is 0 Å². The smallest absolute Gasteiger partial charge is 0.261 e. The third kappa shape index (κ3) is 3.69. The van der Waals surface area contributed by atoms with Gasteiger partial charge in [-0.05, 0) is 59.7 Å². The van der Waals surface area contributed by atoms with Gasteiger partial charge in [0.2, 0.25) is 0 Å². The number of alkyl halides is 2. The van der Waals surface area contributed by atoms with Crippen LogP contribution in [-0.4, -0.2) is 50.2 Å². The van der Waals surface area contributed by atoms with Crippen LogP contribution in [0.2, 0.25) is 0 Å². The SMILES string of the molecule is C=C(CCC(C(F)I)N1C(=O)c2ccccc2C1=O)CN1C(=O)c2ccccc2C1=O. The molecule has 0 N–H and O–H groups in total. The van der Waals surface area contributed by atoms with E-state index >= 15 is 0 Å². The highest BCUT2D eigenvalue weighted by Gasteiger charge is 2.42. The predicted molar refractivity (Wildman–Crippen MR) is 120 cm³/mol. The number of carbonyl (C=O) groups is 4. The Balaban J connectivity index is 1.44. The molecule has 8 heteroatoms. The normalized spacial score (nSPS) is 17.1. The molecule has 6 nitrogen and oxygen atoms in total. The van der Waals surface area contributed by atoms with Gasteiger partial charge in [-0.3, -0.25) is 29.0 Å². The number of nitrogens with zero attached hydrogens (tertiary/aromatic N) is 2. The molecule has 2 heterocycles. The maximum atomic E-state index is 14.4. The molecule has 0 bridgehead atoms. The highest BCUT2D eigenvalue weighted by Crippen LogP contribution is 2.31. The van der Waals surface area contributed by atoms with Gasteiger partial charge in [0.05, 0.1) is 28.3 Å². The Morgan fingerprint density at radius 2 is 1.26 bits per heavy atom. The Morgan fingerprint density at radius 1 is 0.839 bits per heavy atom. The molecule has 2 aliphatic rings. The fourth-order valence-corrected chi connectivity index (χ4v) is 4.60. The lowest BCUT2D eigenvalue weighted by molar-refractivity contribution is 0.0541. The maximum absolute atomic E-state index is 14.4. The van der Waals surface area contributed by atoms with Crippen LogP contribution in [0, 0.1) is 0 Å². The standard InChI is InChI=1S/C23H18FIN2O4/c1-13(12-26-20(28)14-6-2-3-7-15(14)21(26)29)10-11-18(19(24)25)27-22(30)16-8-4-5-9-17(16)23(27)31/h2-9,18-19H,1,10-12H2. The van der Waals surface area contributed by atoms with Gasteiger partial charge in [-0.1, -0.05) is 36.4 Å². The van der Waals surface area contributed by atoms with Crippen LogP contribution in [0.15, 0.2) is 60.7 Å². The number of hydrogen-bond donors (Lipinski definition) is 0. The maximum Gasteiger partial charge on any atom is 0.261 e. The van der Waals surface area contributed by atoms with Gasteiger partial charge in [0.25, 0.3) is 23.6 Å². The molecule has 0 saturated heterocycles. The van der Waals surface area contributed by atoms with E-state index < -0.39 is 33.8 Å². The first kappa shape index (κ1) is 21.4. The van der Waals surface area contributed by atoms with E-state index in [4.69, 9.17) is 0 Å². The van der Waals surface area contributed by atoms with E-state index in [2.05, 4.69) is 6.58 Å². The van der Waals surface area contributed by atoms with Crippen LogP contribution in [0.4, 0.5) is 4.39 Å². The van der Waals surface area contributed by atoms with Crippen LogP contribution in [0.1, 0.15) is 54.3 Å². The third-order valence-corrected chi connectivity index (χ3v) is 6.33. The van der Waals surface area contributed by atoms with Crippen molar-refractivity contribution in [1.82, 2.24) is 9.80 Å². The minimum atomic E-state index is -1.48. The molecular formula is C23H18FIN2O4. The number of amides is 4. The largest absolute Gasteiger partial charge is 0.270 e. The third-order valence-electron chi connectivity index (χ3n) is 5.50. The van der Waals surface area contributed by atoms with E-state index in [0.29, 0.717) is 16.7 Å². The summed E-state index contributed by atoms with van der Waals surface area (Å²) in [6.45, 7) is 3.93. The van der Waals surface area contributed by atoms with Crippen LogP contribution in [0.3, 0.4) is 0 Å². The zero-order chi connectivity index (χ0) is 22.3. The number of carbonyl (C=O) groups excluding carboxylic acids is 4. The van der Waals surface area contributed by atoms with Crippen LogP contribution in [0.25, 0.3) is 0 Å². The number of fused-ring (bicyclic) bond motifs is 2. The molecule has 0 aromatic heterocycles. The molecule has 4 amide bonds. The molecule has 2 unspecified atom stereocenters. The summed E-state index contributed by atoms with van der Waals surface area (Å²) in [7, 11) is 0. The van der Waals surface area contributed by atoms with Crippen molar-refractivity contribution in [2.24, 2.45) is 0 Å². The van der Waals surface area contributed by atoms with Crippen LogP contribution in [-0.2, 0) is 0 Å². The number of halogens is 2. The average Bonchev–Trinajstić information content (AvgIpc) is 3.15. The summed E-state index contributed by atoms with van der Waals surface area (Å²) >= 11 is 1.56. The van der Waals surface area contributed by atoms with Crippen molar-refractivity contribution >= 4 is 46.2 Å². The van der Waals surface area contributed by atoms with E-state index in [1.807, 2.05) is 0 Å². The van der Waals surface area contributed by atoms with Crippen molar-refractivity contribution in [3.8, 4) is 0 Å². The minimum Gasteiger partial charge on any atom is -0.270 e. The van der Waals surface area contributed by atoms with Gasteiger partial charge in [-0.15, -0.1) is 0 Å². The van der Waals surface area contributed by atoms with E-state index in [9.17, 15) is 23.6 Å².